The van der Waals surface area contributed by atoms with Crippen molar-refractivity contribution in [2.45, 2.75) is 20.0 Å². The molecule has 0 fully saturated rings. The number of nitrogens with zero attached hydrogens (tertiary/aromatic N) is 3. The molecule has 108 valence electrons. The van der Waals surface area contributed by atoms with Crippen LogP contribution in [0.1, 0.15) is 13.8 Å². The van der Waals surface area contributed by atoms with Gasteiger partial charge in [0.05, 0.1) is 6.10 Å². The third-order valence-electron chi connectivity index (χ3n) is 2.83. The number of para-hydroxylation sites is 1. The van der Waals surface area contributed by atoms with Crippen LogP contribution in [0, 0.1) is 0 Å². The smallest absolute Gasteiger partial charge is 0.322 e. The van der Waals surface area contributed by atoms with E-state index in [-0.39, 0.29) is 12.1 Å². The van der Waals surface area contributed by atoms with Gasteiger partial charge in [-0.3, -0.25) is 0 Å². The molecule has 2 aromatic heterocycles. The van der Waals surface area contributed by atoms with Crippen LogP contribution in [-0.2, 0) is 0 Å². The Morgan fingerprint density at radius 2 is 1.95 bits per heavy atom. The maximum absolute atomic E-state index is 5.78. The number of fused-ring (bicyclic) bond motifs is 1. The highest BCUT2D eigenvalue weighted by Crippen LogP contribution is 2.26. The maximum Gasteiger partial charge on any atom is 0.322 e. The van der Waals surface area contributed by atoms with Gasteiger partial charge < -0.3 is 14.5 Å². The van der Waals surface area contributed by atoms with E-state index in [0.717, 1.165) is 11.0 Å². The summed E-state index contributed by atoms with van der Waals surface area (Å²) in [5.74, 6) is 1.47. The average Bonchev–Trinajstić information content (AvgIpc) is 2.90. The molecule has 0 spiro atoms. The topological polar surface area (TPSA) is 73.1 Å². The zero-order chi connectivity index (χ0) is 14.8. The van der Waals surface area contributed by atoms with E-state index in [4.69, 9.17) is 9.15 Å². The molecule has 0 amide bonds. The highest BCUT2D eigenvalue weighted by Gasteiger charge is 2.13. The van der Waals surface area contributed by atoms with Gasteiger partial charge >= 0.3 is 6.01 Å². The summed E-state index contributed by atoms with van der Waals surface area (Å²) in [5, 5.41) is 3.91. The normalized spacial score (nSPS) is 11.0. The van der Waals surface area contributed by atoms with Crippen molar-refractivity contribution in [3.05, 3.63) is 30.3 Å². The fourth-order valence-corrected chi connectivity index (χ4v) is 1.93. The molecule has 0 atom stereocenters. The van der Waals surface area contributed by atoms with Crippen molar-refractivity contribution in [1.82, 2.24) is 15.0 Å². The van der Waals surface area contributed by atoms with Crippen molar-refractivity contribution in [1.29, 1.82) is 0 Å². The molecule has 1 aromatic carbocycles. The van der Waals surface area contributed by atoms with Gasteiger partial charge in [-0.15, -0.1) is 0 Å². The van der Waals surface area contributed by atoms with Crippen molar-refractivity contribution in [3.8, 4) is 17.6 Å². The first-order chi connectivity index (χ1) is 10.2. The summed E-state index contributed by atoms with van der Waals surface area (Å²) in [7, 11) is 1.75. The Morgan fingerprint density at radius 1 is 1.14 bits per heavy atom. The number of nitrogens with one attached hydrogen (secondary N) is 1. The molecule has 3 aromatic rings. The lowest BCUT2D eigenvalue weighted by Gasteiger charge is -2.09. The highest BCUT2D eigenvalue weighted by atomic mass is 16.5. The molecule has 0 aliphatic heterocycles. The second kappa shape index (κ2) is 5.40. The fraction of sp³-hybridized carbons (Fsp3) is 0.267. The largest absolute Gasteiger partial charge is 0.461 e. The van der Waals surface area contributed by atoms with Gasteiger partial charge in [0, 0.05) is 12.4 Å². The van der Waals surface area contributed by atoms with E-state index in [0.29, 0.717) is 17.5 Å². The van der Waals surface area contributed by atoms with Crippen LogP contribution < -0.4 is 10.1 Å². The van der Waals surface area contributed by atoms with Crippen molar-refractivity contribution in [3.63, 3.8) is 0 Å². The average molecular weight is 284 g/mol. The molecule has 0 bridgehead atoms. The molecule has 0 saturated heterocycles. The SMILES string of the molecule is CNc1nc(OC(C)C)nc(-c2cc3ccccc3o2)n1. The monoisotopic (exact) mass is 284 g/mol. The summed E-state index contributed by atoms with van der Waals surface area (Å²) >= 11 is 0. The number of rotatable bonds is 4. The van der Waals surface area contributed by atoms with Crippen molar-refractivity contribution < 1.29 is 9.15 Å². The zero-order valence-electron chi connectivity index (χ0n) is 12.1. The summed E-state index contributed by atoms with van der Waals surface area (Å²) in [4.78, 5) is 12.8. The van der Waals surface area contributed by atoms with Crippen LogP contribution in [0.15, 0.2) is 34.7 Å². The van der Waals surface area contributed by atoms with Crippen molar-refractivity contribution >= 4 is 16.9 Å². The fourth-order valence-electron chi connectivity index (χ4n) is 1.93. The summed E-state index contributed by atoms with van der Waals surface area (Å²) < 4.78 is 11.3. The third-order valence-corrected chi connectivity index (χ3v) is 2.83. The molecular formula is C15H16N4O2. The molecular weight excluding hydrogens is 268 g/mol. The standard InChI is InChI=1S/C15H16N4O2/c1-9(2)20-15-18-13(17-14(16-3)19-15)12-8-10-6-4-5-7-11(10)21-12/h4-9H,1-3H3,(H,16,17,18,19). The van der Waals surface area contributed by atoms with Gasteiger partial charge in [0.15, 0.2) is 5.76 Å². The molecule has 3 rings (SSSR count). The Bertz CT molecular complexity index is 734. The van der Waals surface area contributed by atoms with Crippen LogP contribution in [0.3, 0.4) is 0 Å². The Labute approximate surface area is 122 Å². The molecule has 0 saturated carbocycles. The lowest BCUT2D eigenvalue weighted by Crippen LogP contribution is -2.11. The molecule has 0 radical (unpaired) electrons. The second-order valence-corrected chi connectivity index (χ2v) is 4.83. The zero-order valence-corrected chi connectivity index (χ0v) is 12.1. The molecule has 0 unspecified atom stereocenters. The van der Waals surface area contributed by atoms with Crippen molar-refractivity contribution in [2.75, 3.05) is 12.4 Å². The van der Waals surface area contributed by atoms with Crippen LogP contribution in [0.25, 0.3) is 22.6 Å². The molecule has 6 heteroatoms. The predicted molar refractivity (Wildman–Crippen MR) is 80.3 cm³/mol. The summed E-state index contributed by atoms with van der Waals surface area (Å²) in [6.07, 6.45) is -0.0133. The van der Waals surface area contributed by atoms with Gasteiger partial charge in [0.1, 0.15) is 5.58 Å². The summed E-state index contributed by atoms with van der Waals surface area (Å²) in [6, 6.07) is 9.96. The van der Waals surface area contributed by atoms with Crippen LogP contribution in [0.4, 0.5) is 5.95 Å². The van der Waals surface area contributed by atoms with E-state index in [2.05, 4.69) is 20.3 Å². The maximum atomic E-state index is 5.78. The second-order valence-electron chi connectivity index (χ2n) is 4.83. The minimum Gasteiger partial charge on any atom is -0.461 e. The number of hydrogen-bond donors (Lipinski definition) is 1. The van der Waals surface area contributed by atoms with Crippen LogP contribution in [-0.4, -0.2) is 28.1 Å². The van der Waals surface area contributed by atoms with Gasteiger partial charge in [-0.25, -0.2) is 0 Å². The van der Waals surface area contributed by atoms with Crippen LogP contribution >= 0.6 is 0 Å². The van der Waals surface area contributed by atoms with E-state index in [9.17, 15) is 0 Å². The van der Waals surface area contributed by atoms with E-state index in [1.165, 1.54) is 0 Å². The Morgan fingerprint density at radius 3 is 2.67 bits per heavy atom. The summed E-state index contributed by atoms with van der Waals surface area (Å²) in [5.41, 5.74) is 0.797. The van der Waals surface area contributed by atoms with Gasteiger partial charge in [-0.05, 0) is 26.0 Å². The highest BCUT2D eigenvalue weighted by molar-refractivity contribution is 5.81. The first-order valence-corrected chi connectivity index (χ1v) is 6.75. The quantitative estimate of drug-likeness (QED) is 0.793. The Balaban J connectivity index is 2.07. The molecule has 1 N–H and O–H groups in total. The van der Waals surface area contributed by atoms with Gasteiger partial charge in [-0.2, -0.15) is 15.0 Å². The molecule has 6 nitrogen and oxygen atoms in total. The number of anilines is 1. The van der Waals surface area contributed by atoms with Crippen LogP contribution in [0.2, 0.25) is 0 Å². The summed E-state index contributed by atoms with van der Waals surface area (Å²) in [6.45, 7) is 3.84. The third kappa shape index (κ3) is 2.79. The van der Waals surface area contributed by atoms with E-state index >= 15 is 0 Å². The minimum atomic E-state index is -0.0133. The van der Waals surface area contributed by atoms with E-state index in [1.54, 1.807) is 7.05 Å². The molecule has 0 aliphatic carbocycles. The van der Waals surface area contributed by atoms with Gasteiger partial charge in [-0.1, -0.05) is 18.2 Å². The van der Waals surface area contributed by atoms with E-state index in [1.807, 2.05) is 44.2 Å². The molecule has 21 heavy (non-hydrogen) atoms. The lowest BCUT2D eigenvalue weighted by molar-refractivity contribution is 0.222. The minimum absolute atomic E-state index is 0.0133. The number of aromatic nitrogens is 3. The van der Waals surface area contributed by atoms with Crippen molar-refractivity contribution in [2.24, 2.45) is 0 Å². The number of benzene rings is 1. The first-order valence-electron chi connectivity index (χ1n) is 6.75. The number of furan rings is 1. The molecule has 2 heterocycles. The molecule has 0 aliphatic rings. The number of ether oxygens (including phenoxy) is 1. The Kier molecular flexibility index (Phi) is 3.43. The van der Waals surface area contributed by atoms with Crippen LogP contribution in [0.5, 0.6) is 6.01 Å². The predicted octanol–water partition coefficient (Wildman–Crippen LogP) is 3.11. The van der Waals surface area contributed by atoms with Gasteiger partial charge in [0.25, 0.3) is 0 Å². The van der Waals surface area contributed by atoms with Gasteiger partial charge in [0.2, 0.25) is 11.8 Å². The lowest BCUT2D eigenvalue weighted by atomic mass is 10.2. The Hall–Kier alpha value is -2.63. The first kappa shape index (κ1) is 13.4. The number of hydrogen-bond acceptors (Lipinski definition) is 6. The van der Waals surface area contributed by atoms with E-state index < -0.39 is 0 Å².